The van der Waals surface area contributed by atoms with Crippen LogP contribution in [0.2, 0.25) is 0 Å². The van der Waals surface area contributed by atoms with Crippen LogP contribution in [0.25, 0.3) is 21.8 Å². The van der Waals surface area contributed by atoms with E-state index in [1.54, 1.807) is 0 Å². The highest BCUT2D eigenvalue weighted by Gasteiger charge is 2.16. The third-order valence-electron chi connectivity index (χ3n) is 5.70. The highest BCUT2D eigenvalue weighted by atomic mass is 16.3. The summed E-state index contributed by atoms with van der Waals surface area (Å²) in [6.45, 7) is 5.68. The lowest BCUT2D eigenvalue weighted by molar-refractivity contribution is 0.278. The van der Waals surface area contributed by atoms with Crippen molar-refractivity contribution in [3.8, 4) is 0 Å². The van der Waals surface area contributed by atoms with Gasteiger partial charge in [0.2, 0.25) is 5.95 Å². The number of hydrogen-bond donors (Lipinski definition) is 3. The number of hydrogen-bond acceptors (Lipinski definition) is 7. The Kier molecular flexibility index (Phi) is 5.62. The molecule has 0 fully saturated rings. The van der Waals surface area contributed by atoms with Gasteiger partial charge in [-0.2, -0.15) is 15.2 Å². The Morgan fingerprint density at radius 2 is 2.06 bits per heavy atom. The first-order chi connectivity index (χ1) is 16.2. The van der Waals surface area contributed by atoms with Crippen molar-refractivity contribution in [1.29, 1.82) is 0 Å². The second-order valence-corrected chi connectivity index (χ2v) is 7.90. The van der Waals surface area contributed by atoms with E-state index < -0.39 is 0 Å². The number of H-pyrrole nitrogens is 1. The quantitative estimate of drug-likeness (QED) is 0.329. The van der Waals surface area contributed by atoms with Gasteiger partial charge in [-0.05, 0) is 50.6 Å². The average Bonchev–Trinajstić information content (AvgIpc) is 3.47. The molecule has 0 atom stereocenters. The number of aromatic nitrogens is 6. The molecule has 33 heavy (non-hydrogen) atoms. The predicted molar refractivity (Wildman–Crippen MR) is 130 cm³/mol. The first-order valence-corrected chi connectivity index (χ1v) is 11.0. The van der Waals surface area contributed by atoms with E-state index in [2.05, 4.69) is 43.5 Å². The van der Waals surface area contributed by atoms with Crippen LogP contribution < -0.4 is 10.2 Å². The number of nitrogens with one attached hydrogen (secondary N) is 2. The number of aryl methyl sites for hydroxylation is 2. The second kappa shape index (κ2) is 8.87. The molecule has 3 aromatic heterocycles. The van der Waals surface area contributed by atoms with Crippen LogP contribution in [0.3, 0.4) is 0 Å². The highest BCUT2D eigenvalue weighted by Crippen LogP contribution is 2.32. The molecule has 9 nitrogen and oxygen atoms in total. The van der Waals surface area contributed by atoms with Crippen LogP contribution in [-0.4, -0.2) is 48.2 Å². The van der Waals surface area contributed by atoms with Gasteiger partial charge < -0.3 is 15.3 Å². The van der Waals surface area contributed by atoms with E-state index in [1.807, 2.05) is 60.5 Å². The third kappa shape index (κ3) is 3.98. The van der Waals surface area contributed by atoms with Crippen molar-refractivity contribution in [2.24, 2.45) is 0 Å². The zero-order valence-electron chi connectivity index (χ0n) is 18.7. The molecular weight excluding hydrogens is 416 g/mol. The summed E-state index contributed by atoms with van der Waals surface area (Å²) in [5.41, 5.74) is 4.90. The van der Waals surface area contributed by atoms with Crippen molar-refractivity contribution < 1.29 is 5.11 Å². The van der Waals surface area contributed by atoms with Crippen molar-refractivity contribution in [3.63, 3.8) is 0 Å². The number of fused-ring (bicyclic) bond motifs is 2. The Morgan fingerprint density at radius 1 is 1.15 bits per heavy atom. The van der Waals surface area contributed by atoms with Crippen LogP contribution in [-0.2, 0) is 6.54 Å². The predicted octanol–water partition coefficient (Wildman–Crippen LogP) is 4.30. The Hall–Kier alpha value is -3.98. The van der Waals surface area contributed by atoms with Crippen LogP contribution in [0, 0.1) is 6.92 Å². The largest absolute Gasteiger partial charge is 0.396 e. The van der Waals surface area contributed by atoms with Gasteiger partial charge in [-0.25, -0.2) is 4.98 Å². The molecule has 2 aromatic carbocycles. The molecule has 9 heteroatoms. The Balaban J connectivity index is 1.48. The minimum absolute atomic E-state index is 0.139. The summed E-state index contributed by atoms with van der Waals surface area (Å²) in [4.78, 5) is 11.6. The zero-order chi connectivity index (χ0) is 22.8. The lowest BCUT2D eigenvalue weighted by Crippen LogP contribution is -2.19. The van der Waals surface area contributed by atoms with Gasteiger partial charge in [-0.1, -0.05) is 6.07 Å². The van der Waals surface area contributed by atoms with Gasteiger partial charge in [0, 0.05) is 47.9 Å². The van der Waals surface area contributed by atoms with Gasteiger partial charge in [-0.3, -0.25) is 9.78 Å². The number of aromatic amines is 1. The maximum Gasteiger partial charge on any atom is 0.229 e. The fraction of sp³-hybridized carbons (Fsp3) is 0.250. The van der Waals surface area contributed by atoms with Gasteiger partial charge in [-0.15, -0.1) is 0 Å². The molecule has 0 aliphatic rings. The number of aliphatic hydroxyl groups excluding tert-OH is 1. The first-order valence-electron chi connectivity index (χ1n) is 11.0. The molecule has 5 aromatic rings. The van der Waals surface area contributed by atoms with E-state index in [4.69, 9.17) is 10.1 Å². The van der Waals surface area contributed by atoms with Gasteiger partial charge in [0.1, 0.15) is 5.82 Å². The normalized spacial score (nSPS) is 11.4. The fourth-order valence-electron chi connectivity index (χ4n) is 4.06. The molecular formula is C24H26N8O. The van der Waals surface area contributed by atoms with E-state index in [-0.39, 0.29) is 6.61 Å². The minimum Gasteiger partial charge on any atom is -0.396 e. The smallest absolute Gasteiger partial charge is 0.229 e. The van der Waals surface area contributed by atoms with Gasteiger partial charge in [0.15, 0.2) is 0 Å². The summed E-state index contributed by atoms with van der Waals surface area (Å²) in [7, 11) is 0. The average molecular weight is 443 g/mol. The van der Waals surface area contributed by atoms with Crippen LogP contribution >= 0.6 is 0 Å². The lowest BCUT2D eigenvalue weighted by atomic mass is 10.2. The first kappa shape index (κ1) is 20.9. The molecule has 3 N–H and O–H groups in total. The van der Waals surface area contributed by atoms with Crippen molar-refractivity contribution in [2.45, 2.75) is 26.8 Å². The molecule has 0 radical (unpaired) electrons. The van der Waals surface area contributed by atoms with E-state index in [9.17, 15) is 0 Å². The summed E-state index contributed by atoms with van der Waals surface area (Å²) in [5, 5.41) is 26.3. The minimum atomic E-state index is 0.139. The molecule has 168 valence electrons. The molecule has 3 heterocycles. The van der Waals surface area contributed by atoms with Crippen molar-refractivity contribution in [1.82, 2.24) is 29.9 Å². The summed E-state index contributed by atoms with van der Waals surface area (Å²) >= 11 is 0. The molecule has 0 saturated heterocycles. The Labute approximate surface area is 191 Å². The molecule has 0 bridgehead atoms. The zero-order valence-corrected chi connectivity index (χ0v) is 18.7. The van der Waals surface area contributed by atoms with E-state index >= 15 is 0 Å². The Morgan fingerprint density at radius 3 is 2.91 bits per heavy atom. The molecule has 5 rings (SSSR count). The van der Waals surface area contributed by atoms with Crippen molar-refractivity contribution in [3.05, 3.63) is 60.6 Å². The number of nitrogens with zero attached hydrogens (tertiary/aromatic N) is 6. The van der Waals surface area contributed by atoms with Crippen LogP contribution in [0.1, 0.15) is 18.9 Å². The Bertz CT molecular complexity index is 1410. The number of anilines is 4. The van der Waals surface area contributed by atoms with Gasteiger partial charge >= 0.3 is 0 Å². The number of rotatable bonds is 8. The molecule has 0 amide bonds. The SMILES string of the molecule is CCN(c1nc(Nc2ccc3cnn(CCCO)c3c2)ncc1C)c1cccc2[nH]ncc12. The van der Waals surface area contributed by atoms with Crippen LogP contribution in [0.15, 0.2) is 55.0 Å². The standard InChI is InChI=1S/C24H26N8O/c1-3-31(21-7-4-6-20-19(21)15-26-30-20)23-16(2)13-25-24(29-23)28-18-9-8-17-14-27-32(10-5-11-33)22(17)12-18/h4,6-9,12-15,33H,3,5,10-11H2,1-2H3,(H,26,30)(H,25,28,29). The van der Waals surface area contributed by atoms with Gasteiger partial charge in [0.05, 0.1) is 29.1 Å². The molecule has 0 aliphatic carbocycles. The number of benzene rings is 2. The van der Waals surface area contributed by atoms with Crippen LogP contribution in [0.5, 0.6) is 0 Å². The van der Waals surface area contributed by atoms with Crippen molar-refractivity contribution >= 4 is 44.9 Å². The molecule has 0 spiro atoms. The van der Waals surface area contributed by atoms with Gasteiger partial charge in [0.25, 0.3) is 0 Å². The maximum atomic E-state index is 9.15. The summed E-state index contributed by atoms with van der Waals surface area (Å²) in [6.07, 6.45) is 6.19. The fourth-order valence-corrected chi connectivity index (χ4v) is 4.06. The highest BCUT2D eigenvalue weighted by molar-refractivity contribution is 5.93. The van der Waals surface area contributed by atoms with E-state index in [0.29, 0.717) is 18.9 Å². The van der Waals surface area contributed by atoms with E-state index in [1.165, 1.54) is 0 Å². The third-order valence-corrected chi connectivity index (χ3v) is 5.70. The maximum absolute atomic E-state index is 9.15. The van der Waals surface area contributed by atoms with E-state index in [0.717, 1.165) is 51.1 Å². The molecule has 0 saturated carbocycles. The topological polar surface area (TPSA) is 108 Å². The molecule has 0 aliphatic heterocycles. The summed E-state index contributed by atoms with van der Waals surface area (Å²) in [5.74, 6) is 1.37. The second-order valence-electron chi connectivity index (χ2n) is 7.90. The number of aliphatic hydroxyl groups is 1. The summed E-state index contributed by atoms with van der Waals surface area (Å²) < 4.78 is 1.91. The lowest BCUT2D eigenvalue weighted by Gasteiger charge is -2.24. The summed E-state index contributed by atoms with van der Waals surface area (Å²) in [6, 6.07) is 12.2. The monoisotopic (exact) mass is 442 g/mol. The molecule has 0 unspecified atom stereocenters. The van der Waals surface area contributed by atoms with Crippen molar-refractivity contribution in [2.75, 3.05) is 23.4 Å². The van der Waals surface area contributed by atoms with Crippen LogP contribution in [0.4, 0.5) is 23.1 Å².